The molecule has 0 spiro atoms. The summed E-state index contributed by atoms with van der Waals surface area (Å²) in [6.07, 6.45) is -0.00109. The fourth-order valence-electron chi connectivity index (χ4n) is 3.52. The molecule has 0 heterocycles. The molecule has 33 heavy (non-hydrogen) atoms. The Labute approximate surface area is 192 Å². The summed E-state index contributed by atoms with van der Waals surface area (Å²) in [6.45, 7) is 1.12. The third kappa shape index (κ3) is 7.17. The molecule has 0 aromatic heterocycles. The van der Waals surface area contributed by atoms with Gasteiger partial charge in [-0.05, 0) is 60.5 Å². The standard InChI is InChI=1S/C26H27NO6/c28-22(17-33-23-4-2-1-3-5-23)16-27-15-14-24(18-6-10-20(11-7-18)25(29)30)19-8-12-21(13-9-19)26(31)32/h1-13,22,24,27-28H,14-17H2,(H,29,30)(H,31,32). The van der Waals surface area contributed by atoms with E-state index < -0.39 is 18.0 Å². The number of aromatic carboxylic acids is 2. The van der Waals surface area contributed by atoms with Gasteiger partial charge in [-0.25, -0.2) is 9.59 Å². The molecule has 3 aromatic carbocycles. The molecule has 4 N–H and O–H groups in total. The second-order valence-corrected chi connectivity index (χ2v) is 7.68. The zero-order valence-corrected chi connectivity index (χ0v) is 18.1. The van der Waals surface area contributed by atoms with Crippen molar-refractivity contribution in [1.29, 1.82) is 0 Å². The molecule has 0 aliphatic carbocycles. The zero-order chi connectivity index (χ0) is 23.6. The normalized spacial score (nSPS) is 11.8. The predicted molar refractivity (Wildman–Crippen MR) is 124 cm³/mol. The molecule has 1 atom stereocenters. The van der Waals surface area contributed by atoms with Gasteiger partial charge in [0.05, 0.1) is 11.1 Å². The van der Waals surface area contributed by atoms with E-state index in [-0.39, 0.29) is 23.7 Å². The van der Waals surface area contributed by atoms with E-state index in [2.05, 4.69) is 5.32 Å². The first kappa shape index (κ1) is 24.0. The van der Waals surface area contributed by atoms with Crippen molar-refractivity contribution in [2.75, 3.05) is 19.7 Å². The zero-order valence-electron chi connectivity index (χ0n) is 18.1. The third-order valence-corrected chi connectivity index (χ3v) is 5.30. The molecule has 0 fully saturated rings. The number of rotatable bonds is 12. The van der Waals surface area contributed by atoms with Gasteiger partial charge in [0.15, 0.2) is 0 Å². The Morgan fingerprint density at radius 1 is 0.788 bits per heavy atom. The van der Waals surface area contributed by atoms with Gasteiger partial charge in [0, 0.05) is 12.5 Å². The summed E-state index contributed by atoms with van der Waals surface area (Å²) in [5.41, 5.74) is 2.27. The SMILES string of the molecule is O=C(O)c1ccc(C(CCNCC(O)COc2ccccc2)c2ccc(C(=O)O)cc2)cc1. The van der Waals surface area contributed by atoms with E-state index in [0.29, 0.717) is 25.3 Å². The minimum absolute atomic E-state index is 0.0686. The molecule has 3 aromatic rings. The number of carboxylic acid groups (broad SMARTS) is 2. The minimum Gasteiger partial charge on any atom is -0.491 e. The maximum Gasteiger partial charge on any atom is 0.335 e. The molecule has 0 saturated heterocycles. The van der Waals surface area contributed by atoms with Crippen LogP contribution in [0.25, 0.3) is 0 Å². The lowest BCUT2D eigenvalue weighted by molar-refractivity contribution is 0.0686. The van der Waals surface area contributed by atoms with Crippen molar-refractivity contribution in [3.63, 3.8) is 0 Å². The smallest absolute Gasteiger partial charge is 0.335 e. The topological polar surface area (TPSA) is 116 Å². The van der Waals surface area contributed by atoms with Gasteiger partial charge in [-0.1, -0.05) is 42.5 Å². The largest absolute Gasteiger partial charge is 0.491 e. The number of aliphatic hydroxyl groups is 1. The summed E-state index contributed by atoms with van der Waals surface area (Å²) < 4.78 is 5.56. The lowest BCUT2D eigenvalue weighted by atomic mass is 9.87. The lowest BCUT2D eigenvalue weighted by Gasteiger charge is -2.20. The summed E-state index contributed by atoms with van der Waals surface area (Å²) in [4.78, 5) is 22.3. The van der Waals surface area contributed by atoms with Crippen LogP contribution in [-0.2, 0) is 0 Å². The molecule has 0 aliphatic rings. The molecule has 0 aliphatic heterocycles. The van der Waals surface area contributed by atoms with E-state index in [4.69, 9.17) is 14.9 Å². The molecular weight excluding hydrogens is 422 g/mol. The Balaban J connectivity index is 1.60. The van der Waals surface area contributed by atoms with Crippen molar-refractivity contribution in [1.82, 2.24) is 5.32 Å². The van der Waals surface area contributed by atoms with Gasteiger partial charge in [0.25, 0.3) is 0 Å². The monoisotopic (exact) mass is 449 g/mol. The maximum atomic E-state index is 11.2. The molecule has 0 saturated carbocycles. The Hall–Kier alpha value is -3.68. The summed E-state index contributed by atoms with van der Waals surface area (Å²) in [5.74, 6) is -1.35. The molecule has 7 nitrogen and oxygen atoms in total. The van der Waals surface area contributed by atoms with Gasteiger partial charge in [-0.15, -0.1) is 0 Å². The van der Waals surface area contributed by atoms with Crippen molar-refractivity contribution in [2.24, 2.45) is 0 Å². The highest BCUT2D eigenvalue weighted by Crippen LogP contribution is 2.28. The van der Waals surface area contributed by atoms with Gasteiger partial charge >= 0.3 is 11.9 Å². The van der Waals surface area contributed by atoms with Crippen molar-refractivity contribution in [2.45, 2.75) is 18.4 Å². The molecule has 1 unspecified atom stereocenters. The molecule has 0 radical (unpaired) electrons. The van der Waals surface area contributed by atoms with E-state index in [1.807, 2.05) is 30.3 Å². The molecule has 0 amide bonds. The highest BCUT2D eigenvalue weighted by atomic mass is 16.5. The average Bonchev–Trinajstić information content (AvgIpc) is 2.83. The second-order valence-electron chi connectivity index (χ2n) is 7.68. The fourth-order valence-corrected chi connectivity index (χ4v) is 3.52. The predicted octanol–water partition coefficient (Wildman–Crippen LogP) is 3.63. The Kier molecular flexibility index (Phi) is 8.57. The van der Waals surface area contributed by atoms with Crippen LogP contribution in [-0.4, -0.2) is 53.1 Å². The number of carboxylic acids is 2. The van der Waals surface area contributed by atoms with Gasteiger partial charge in [0.2, 0.25) is 0 Å². The quantitative estimate of drug-likeness (QED) is 0.312. The van der Waals surface area contributed by atoms with E-state index in [1.54, 1.807) is 48.5 Å². The van der Waals surface area contributed by atoms with Gasteiger partial charge in [-0.3, -0.25) is 0 Å². The van der Waals surface area contributed by atoms with E-state index in [9.17, 15) is 14.7 Å². The number of benzene rings is 3. The van der Waals surface area contributed by atoms with Crippen LogP contribution in [0.5, 0.6) is 5.75 Å². The first-order valence-electron chi connectivity index (χ1n) is 10.7. The number of hydrogen-bond acceptors (Lipinski definition) is 5. The summed E-state index contributed by atoms with van der Waals surface area (Å²) >= 11 is 0. The van der Waals surface area contributed by atoms with Crippen molar-refractivity contribution in [3.05, 3.63) is 101 Å². The van der Waals surface area contributed by atoms with Crippen LogP contribution < -0.4 is 10.1 Å². The lowest BCUT2D eigenvalue weighted by Crippen LogP contribution is -2.32. The summed E-state index contributed by atoms with van der Waals surface area (Å²) in [5, 5.41) is 31.7. The Morgan fingerprint density at radius 2 is 1.30 bits per heavy atom. The number of para-hydroxylation sites is 1. The highest BCUT2D eigenvalue weighted by molar-refractivity contribution is 5.88. The van der Waals surface area contributed by atoms with Crippen molar-refractivity contribution >= 4 is 11.9 Å². The number of nitrogens with one attached hydrogen (secondary N) is 1. The molecule has 3 rings (SSSR count). The first-order chi connectivity index (χ1) is 15.9. The summed E-state index contributed by atoms with van der Waals surface area (Å²) in [6, 6.07) is 22.7. The third-order valence-electron chi connectivity index (χ3n) is 5.30. The van der Waals surface area contributed by atoms with Crippen LogP contribution in [0.1, 0.15) is 44.2 Å². The van der Waals surface area contributed by atoms with Crippen LogP contribution in [0.4, 0.5) is 0 Å². The number of ether oxygens (including phenoxy) is 1. The molecular formula is C26H27NO6. The van der Waals surface area contributed by atoms with Gasteiger partial charge in [-0.2, -0.15) is 0 Å². The fraction of sp³-hybridized carbons (Fsp3) is 0.231. The van der Waals surface area contributed by atoms with Crippen LogP contribution in [0.2, 0.25) is 0 Å². The van der Waals surface area contributed by atoms with Crippen LogP contribution in [0.3, 0.4) is 0 Å². The van der Waals surface area contributed by atoms with Crippen LogP contribution in [0, 0.1) is 0 Å². The minimum atomic E-state index is -0.989. The number of carbonyl (C=O) groups is 2. The van der Waals surface area contributed by atoms with Crippen LogP contribution in [0.15, 0.2) is 78.9 Å². The Bertz CT molecular complexity index is 977. The van der Waals surface area contributed by atoms with E-state index in [1.165, 1.54) is 0 Å². The molecule has 0 bridgehead atoms. The van der Waals surface area contributed by atoms with E-state index in [0.717, 1.165) is 11.1 Å². The highest BCUT2D eigenvalue weighted by Gasteiger charge is 2.16. The van der Waals surface area contributed by atoms with Gasteiger partial charge in [0.1, 0.15) is 18.5 Å². The Morgan fingerprint density at radius 3 is 1.79 bits per heavy atom. The average molecular weight is 450 g/mol. The number of hydrogen-bond donors (Lipinski definition) is 4. The molecule has 172 valence electrons. The molecule has 7 heteroatoms. The van der Waals surface area contributed by atoms with Crippen molar-refractivity contribution < 1.29 is 29.6 Å². The maximum absolute atomic E-state index is 11.2. The summed E-state index contributed by atoms with van der Waals surface area (Å²) in [7, 11) is 0. The first-order valence-corrected chi connectivity index (χ1v) is 10.7. The van der Waals surface area contributed by atoms with Crippen molar-refractivity contribution in [3.8, 4) is 5.75 Å². The second kappa shape index (κ2) is 11.8. The van der Waals surface area contributed by atoms with Crippen LogP contribution >= 0.6 is 0 Å². The van der Waals surface area contributed by atoms with Gasteiger partial charge < -0.3 is 25.4 Å². The van der Waals surface area contributed by atoms with E-state index >= 15 is 0 Å². The number of aliphatic hydroxyl groups excluding tert-OH is 1.